The lowest BCUT2D eigenvalue weighted by molar-refractivity contribution is -0.167. The van der Waals surface area contributed by atoms with Gasteiger partial charge in [0.25, 0.3) is 0 Å². The molecule has 150 valence electrons. The number of nitrogens with two attached hydrogens (primary N) is 1. The molecule has 0 radical (unpaired) electrons. The van der Waals surface area contributed by atoms with Gasteiger partial charge in [0.1, 0.15) is 6.04 Å². The molecule has 5 nitrogen and oxygen atoms in total. The number of alkyl halides is 3. The van der Waals surface area contributed by atoms with Crippen LogP contribution in [0, 0.1) is 0 Å². The first kappa shape index (κ1) is 23.6. The summed E-state index contributed by atoms with van der Waals surface area (Å²) in [6, 6.07) is 3.32. The molecule has 0 aliphatic heterocycles. The van der Waals surface area contributed by atoms with Gasteiger partial charge >= 0.3 is 6.18 Å². The van der Waals surface area contributed by atoms with E-state index in [-0.39, 0.29) is 34.3 Å². The molecule has 1 rings (SSSR count). The molecule has 1 aromatic rings. The zero-order chi connectivity index (χ0) is 20.8. The predicted molar refractivity (Wildman–Crippen MR) is 100 cm³/mol. The van der Waals surface area contributed by atoms with Gasteiger partial charge < -0.3 is 10.6 Å². The summed E-state index contributed by atoms with van der Waals surface area (Å²) in [7, 11) is 0. The fourth-order valence-corrected chi connectivity index (χ4v) is 3.66. The Bertz CT molecular complexity index is 696. The highest BCUT2D eigenvalue weighted by atomic mass is 35.5. The minimum atomic E-state index is -4.86. The van der Waals surface area contributed by atoms with Crippen molar-refractivity contribution in [3.05, 3.63) is 28.2 Å². The minimum absolute atomic E-state index is 0.103. The number of ketones is 1. The van der Waals surface area contributed by atoms with Gasteiger partial charge in [-0.1, -0.05) is 23.2 Å². The van der Waals surface area contributed by atoms with Crippen molar-refractivity contribution in [1.29, 1.82) is 0 Å². The van der Waals surface area contributed by atoms with Crippen LogP contribution in [0.3, 0.4) is 0 Å². The van der Waals surface area contributed by atoms with Crippen molar-refractivity contribution in [2.75, 3.05) is 16.4 Å². The van der Waals surface area contributed by atoms with Crippen LogP contribution in [-0.2, 0) is 14.4 Å². The molecule has 0 spiro atoms. The van der Waals surface area contributed by atoms with E-state index in [9.17, 15) is 27.6 Å². The highest BCUT2D eigenvalue weighted by molar-refractivity contribution is 7.99. The SMILES string of the molecule is CC(=O)N(c1cc(Cl)cc(Cl)c1)[C@@H](CCCSCC(=O)C(F)(F)F)C(N)=O. The van der Waals surface area contributed by atoms with Gasteiger partial charge in [-0.3, -0.25) is 14.4 Å². The second-order valence-electron chi connectivity index (χ2n) is 5.55. The van der Waals surface area contributed by atoms with Gasteiger partial charge in [0.15, 0.2) is 0 Å². The second-order valence-corrected chi connectivity index (χ2v) is 7.53. The summed E-state index contributed by atoms with van der Waals surface area (Å²) in [5.74, 6) is -3.59. The van der Waals surface area contributed by atoms with E-state index in [0.717, 1.165) is 16.7 Å². The van der Waals surface area contributed by atoms with E-state index in [4.69, 9.17) is 28.9 Å². The monoisotopic (exact) mass is 444 g/mol. The van der Waals surface area contributed by atoms with Crippen LogP contribution in [0.1, 0.15) is 19.8 Å². The number of rotatable bonds is 9. The molecule has 2 N–H and O–H groups in total. The van der Waals surface area contributed by atoms with Gasteiger partial charge in [0, 0.05) is 22.7 Å². The number of amides is 2. The summed E-state index contributed by atoms with van der Waals surface area (Å²) in [5, 5.41) is 0.515. The molecule has 1 aromatic carbocycles. The van der Waals surface area contributed by atoms with Gasteiger partial charge in [0.2, 0.25) is 17.6 Å². The van der Waals surface area contributed by atoms with E-state index in [2.05, 4.69) is 0 Å². The lowest BCUT2D eigenvalue weighted by atomic mass is 10.1. The maximum Gasteiger partial charge on any atom is 0.450 e. The number of carbonyl (C=O) groups excluding carboxylic acids is 3. The lowest BCUT2D eigenvalue weighted by Gasteiger charge is -2.29. The third kappa shape index (κ3) is 7.59. The van der Waals surface area contributed by atoms with E-state index < -0.39 is 35.6 Å². The predicted octanol–water partition coefficient (Wildman–Crippen LogP) is 3.85. The summed E-state index contributed by atoms with van der Waals surface area (Å²) in [6.45, 7) is 1.24. The molecular weight excluding hydrogens is 428 g/mol. The Morgan fingerprint density at radius 2 is 1.74 bits per heavy atom. The number of hydrogen-bond acceptors (Lipinski definition) is 4. The smallest absolute Gasteiger partial charge is 0.368 e. The van der Waals surface area contributed by atoms with Crippen molar-refractivity contribution in [1.82, 2.24) is 0 Å². The zero-order valence-corrected chi connectivity index (χ0v) is 16.5. The average molecular weight is 445 g/mol. The largest absolute Gasteiger partial charge is 0.450 e. The van der Waals surface area contributed by atoms with Crippen LogP contribution in [0.25, 0.3) is 0 Å². The number of Topliss-reactive ketones (excluding diaryl/α,β-unsaturated/α-hetero) is 1. The van der Waals surface area contributed by atoms with Crippen molar-refractivity contribution in [3.8, 4) is 0 Å². The maximum atomic E-state index is 12.2. The quantitative estimate of drug-likeness (QED) is 0.586. The summed E-state index contributed by atoms with van der Waals surface area (Å²) in [5.41, 5.74) is 5.68. The number of carbonyl (C=O) groups is 3. The molecule has 0 unspecified atom stereocenters. The van der Waals surface area contributed by atoms with E-state index in [1.807, 2.05) is 0 Å². The Labute approximate surface area is 168 Å². The molecule has 0 aromatic heterocycles. The van der Waals surface area contributed by atoms with Gasteiger partial charge in [-0.15, -0.1) is 0 Å². The Morgan fingerprint density at radius 3 is 2.19 bits per heavy atom. The molecule has 2 amide bonds. The van der Waals surface area contributed by atoms with Gasteiger partial charge in [-0.2, -0.15) is 24.9 Å². The summed E-state index contributed by atoms with van der Waals surface area (Å²) in [4.78, 5) is 35.9. The van der Waals surface area contributed by atoms with E-state index >= 15 is 0 Å². The number of halogens is 5. The van der Waals surface area contributed by atoms with Crippen molar-refractivity contribution in [3.63, 3.8) is 0 Å². The van der Waals surface area contributed by atoms with Crippen molar-refractivity contribution < 1.29 is 27.6 Å². The summed E-state index contributed by atoms with van der Waals surface area (Å²) >= 11 is 12.7. The van der Waals surface area contributed by atoms with Gasteiger partial charge in [-0.25, -0.2) is 0 Å². The molecule has 0 aliphatic rings. The second kappa shape index (κ2) is 10.2. The number of benzene rings is 1. The maximum absolute atomic E-state index is 12.2. The Kier molecular flexibility index (Phi) is 8.90. The van der Waals surface area contributed by atoms with Gasteiger partial charge in [-0.05, 0) is 36.8 Å². The zero-order valence-electron chi connectivity index (χ0n) is 14.2. The first-order chi connectivity index (χ1) is 12.4. The highest BCUT2D eigenvalue weighted by Crippen LogP contribution is 2.28. The fraction of sp³-hybridized carbons (Fsp3) is 0.438. The summed E-state index contributed by atoms with van der Waals surface area (Å²) in [6.07, 6.45) is -4.49. The van der Waals surface area contributed by atoms with E-state index in [1.54, 1.807) is 0 Å². The lowest BCUT2D eigenvalue weighted by Crippen LogP contribution is -2.47. The number of primary amides is 1. The minimum Gasteiger partial charge on any atom is -0.368 e. The molecule has 0 heterocycles. The molecule has 0 aliphatic carbocycles. The molecule has 0 saturated heterocycles. The Balaban J connectivity index is 2.78. The van der Waals surface area contributed by atoms with Crippen LogP contribution < -0.4 is 10.6 Å². The van der Waals surface area contributed by atoms with Crippen LogP contribution in [0.2, 0.25) is 10.0 Å². The van der Waals surface area contributed by atoms with Crippen molar-refractivity contribution >= 4 is 58.2 Å². The van der Waals surface area contributed by atoms with Crippen LogP contribution in [-0.4, -0.2) is 41.3 Å². The standard InChI is InChI=1S/C16H17Cl2F3N2O3S/c1-9(24)23(12-6-10(17)5-11(18)7-12)13(15(22)26)3-2-4-27-8-14(25)16(19,20)21/h5-7,13H,2-4,8H2,1H3,(H2,22,26)/t13-/m0/s1. The Morgan fingerprint density at radius 1 is 1.19 bits per heavy atom. The number of hydrogen-bond donors (Lipinski definition) is 1. The van der Waals surface area contributed by atoms with Crippen LogP contribution in [0.5, 0.6) is 0 Å². The Hall–Kier alpha value is -1.45. The number of anilines is 1. The third-order valence-electron chi connectivity index (χ3n) is 3.42. The number of thioether (sulfide) groups is 1. The van der Waals surface area contributed by atoms with E-state index in [1.165, 1.54) is 25.1 Å². The average Bonchev–Trinajstić information content (AvgIpc) is 2.50. The van der Waals surface area contributed by atoms with Crippen LogP contribution in [0.4, 0.5) is 18.9 Å². The molecule has 1 atom stereocenters. The topological polar surface area (TPSA) is 80.5 Å². The fourth-order valence-electron chi connectivity index (χ4n) is 2.28. The van der Waals surface area contributed by atoms with Gasteiger partial charge in [0.05, 0.1) is 5.75 Å². The number of nitrogens with zero attached hydrogens (tertiary/aromatic N) is 1. The van der Waals surface area contributed by atoms with Crippen LogP contribution >= 0.6 is 35.0 Å². The first-order valence-electron chi connectivity index (χ1n) is 7.66. The molecule has 0 saturated carbocycles. The molecular formula is C16H17Cl2F3N2O3S. The molecule has 27 heavy (non-hydrogen) atoms. The summed E-state index contributed by atoms with van der Waals surface area (Å²) < 4.78 is 36.5. The van der Waals surface area contributed by atoms with Crippen molar-refractivity contribution in [2.45, 2.75) is 32.0 Å². The molecule has 11 heteroatoms. The van der Waals surface area contributed by atoms with E-state index in [0.29, 0.717) is 0 Å². The van der Waals surface area contributed by atoms with Crippen molar-refractivity contribution in [2.24, 2.45) is 5.73 Å². The molecule has 0 bridgehead atoms. The molecule has 0 fully saturated rings. The van der Waals surface area contributed by atoms with Crippen LogP contribution in [0.15, 0.2) is 18.2 Å². The first-order valence-corrected chi connectivity index (χ1v) is 9.57. The third-order valence-corrected chi connectivity index (χ3v) is 4.90. The normalized spacial score (nSPS) is 12.5. The highest BCUT2D eigenvalue weighted by Gasteiger charge is 2.37.